The predicted molar refractivity (Wildman–Crippen MR) is 82.9 cm³/mol. The van der Waals surface area contributed by atoms with E-state index in [1.165, 1.54) is 0 Å². The Balaban J connectivity index is 2.18. The number of carbonyl (C=O) groups excluding carboxylic acids is 1. The summed E-state index contributed by atoms with van der Waals surface area (Å²) >= 11 is 5.92. The van der Waals surface area contributed by atoms with Crippen LogP contribution in [0.2, 0.25) is 5.02 Å². The van der Waals surface area contributed by atoms with Crippen molar-refractivity contribution in [2.45, 2.75) is 13.8 Å². The smallest absolute Gasteiger partial charge is 0.256 e. The third kappa shape index (κ3) is 4.46. The van der Waals surface area contributed by atoms with Crippen molar-refractivity contribution in [3.05, 3.63) is 53.2 Å². The highest BCUT2D eigenvalue weighted by molar-refractivity contribution is 6.30. The van der Waals surface area contributed by atoms with E-state index in [2.05, 4.69) is 10.3 Å². The summed E-state index contributed by atoms with van der Waals surface area (Å²) in [6, 6.07) is 10.3. The second-order valence-electron chi connectivity index (χ2n) is 5.02. The maximum absolute atomic E-state index is 12.2. The number of hydrogen-bond acceptors (Lipinski definition) is 3. The second-order valence-corrected chi connectivity index (χ2v) is 5.46. The van der Waals surface area contributed by atoms with Gasteiger partial charge >= 0.3 is 0 Å². The highest BCUT2D eigenvalue weighted by Crippen LogP contribution is 2.25. The van der Waals surface area contributed by atoms with E-state index in [0.717, 1.165) is 0 Å². The number of nitrogens with one attached hydrogen (secondary N) is 1. The van der Waals surface area contributed by atoms with Crippen LogP contribution in [0.3, 0.4) is 0 Å². The molecule has 0 saturated carbocycles. The molecule has 0 fully saturated rings. The van der Waals surface area contributed by atoms with Crippen LogP contribution in [-0.4, -0.2) is 17.4 Å². The standard InChI is InChI=1S/C16H17ClN2O2/c1-11(2)10-19-15(20)14-7-4-8-18-16(14)21-13-6-3-5-12(17)9-13/h3-9,11H,10H2,1-2H3,(H,19,20). The maximum atomic E-state index is 12.2. The van der Waals surface area contributed by atoms with Crippen molar-refractivity contribution in [1.82, 2.24) is 10.3 Å². The van der Waals surface area contributed by atoms with E-state index >= 15 is 0 Å². The van der Waals surface area contributed by atoms with Crippen LogP contribution in [0.4, 0.5) is 0 Å². The van der Waals surface area contributed by atoms with Crippen LogP contribution in [0, 0.1) is 5.92 Å². The Morgan fingerprint density at radius 1 is 1.33 bits per heavy atom. The van der Waals surface area contributed by atoms with Gasteiger partial charge in [-0.25, -0.2) is 4.98 Å². The van der Waals surface area contributed by atoms with Gasteiger partial charge in [0.1, 0.15) is 11.3 Å². The van der Waals surface area contributed by atoms with Gasteiger partial charge in [-0.15, -0.1) is 0 Å². The van der Waals surface area contributed by atoms with Crippen molar-refractivity contribution in [2.75, 3.05) is 6.54 Å². The van der Waals surface area contributed by atoms with E-state index < -0.39 is 0 Å². The van der Waals surface area contributed by atoms with Crippen LogP contribution in [-0.2, 0) is 0 Å². The molecule has 0 radical (unpaired) electrons. The minimum absolute atomic E-state index is 0.200. The molecule has 0 spiro atoms. The first-order valence-corrected chi connectivity index (χ1v) is 7.10. The molecule has 110 valence electrons. The molecule has 1 heterocycles. The minimum atomic E-state index is -0.200. The van der Waals surface area contributed by atoms with Gasteiger partial charge in [0, 0.05) is 17.8 Å². The largest absolute Gasteiger partial charge is 0.438 e. The predicted octanol–water partition coefficient (Wildman–Crippen LogP) is 3.91. The summed E-state index contributed by atoms with van der Waals surface area (Å²) in [5.41, 5.74) is 0.401. The van der Waals surface area contributed by atoms with Gasteiger partial charge in [0.25, 0.3) is 5.91 Å². The van der Waals surface area contributed by atoms with Crippen molar-refractivity contribution < 1.29 is 9.53 Å². The Labute approximate surface area is 129 Å². The molecule has 0 aliphatic carbocycles. The first kappa shape index (κ1) is 15.3. The third-order valence-corrected chi connectivity index (χ3v) is 2.93. The van der Waals surface area contributed by atoms with E-state index in [4.69, 9.17) is 16.3 Å². The number of hydrogen-bond donors (Lipinski definition) is 1. The van der Waals surface area contributed by atoms with Crippen molar-refractivity contribution >= 4 is 17.5 Å². The molecular weight excluding hydrogens is 288 g/mol. The molecule has 0 unspecified atom stereocenters. The van der Waals surface area contributed by atoms with Gasteiger partial charge < -0.3 is 10.1 Å². The van der Waals surface area contributed by atoms with Crippen LogP contribution >= 0.6 is 11.6 Å². The zero-order valence-electron chi connectivity index (χ0n) is 12.0. The number of nitrogens with zero attached hydrogens (tertiary/aromatic N) is 1. The molecule has 21 heavy (non-hydrogen) atoms. The Morgan fingerprint density at radius 3 is 2.86 bits per heavy atom. The zero-order chi connectivity index (χ0) is 15.2. The van der Waals surface area contributed by atoms with Crippen molar-refractivity contribution in [3.8, 4) is 11.6 Å². The molecule has 1 N–H and O–H groups in total. The van der Waals surface area contributed by atoms with Gasteiger partial charge in [0.2, 0.25) is 5.88 Å². The average Bonchev–Trinajstić information content (AvgIpc) is 2.45. The summed E-state index contributed by atoms with van der Waals surface area (Å²) in [5.74, 6) is 0.983. The first-order valence-electron chi connectivity index (χ1n) is 6.73. The van der Waals surface area contributed by atoms with Gasteiger partial charge in [0.15, 0.2) is 0 Å². The fourth-order valence-electron chi connectivity index (χ4n) is 1.68. The lowest BCUT2D eigenvalue weighted by molar-refractivity contribution is 0.0946. The molecule has 2 aromatic rings. The van der Waals surface area contributed by atoms with E-state index in [-0.39, 0.29) is 11.8 Å². The number of benzene rings is 1. The lowest BCUT2D eigenvalue weighted by atomic mass is 10.2. The number of rotatable bonds is 5. The van der Waals surface area contributed by atoms with Crippen LogP contribution in [0.25, 0.3) is 0 Å². The molecule has 1 aromatic carbocycles. The molecule has 5 heteroatoms. The number of halogens is 1. The highest BCUT2D eigenvalue weighted by atomic mass is 35.5. The number of amides is 1. The molecule has 1 aromatic heterocycles. The Hall–Kier alpha value is -2.07. The second kappa shape index (κ2) is 7.09. The maximum Gasteiger partial charge on any atom is 0.256 e. The summed E-state index contributed by atoms with van der Waals surface area (Å²) in [4.78, 5) is 16.3. The normalized spacial score (nSPS) is 10.5. The van der Waals surface area contributed by atoms with Crippen LogP contribution < -0.4 is 10.1 Å². The molecule has 0 atom stereocenters. The molecule has 0 aliphatic rings. The van der Waals surface area contributed by atoms with E-state index in [1.54, 1.807) is 42.6 Å². The SMILES string of the molecule is CC(C)CNC(=O)c1cccnc1Oc1cccc(Cl)c1. The molecule has 0 saturated heterocycles. The van der Waals surface area contributed by atoms with Crippen molar-refractivity contribution in [2.24, 2.45) is 5.92 Å². The molecular formula is C16H17ClN2O2. The molecule has 0 aliphatic heterocycles. The monoisotopic (exact) mass is 304 g/mol. The molecule has 4 nitrogen and oxygen atoms in total. The third-order valence-electron chi connectivity index (χ3n) is 2.70. The minimum Gasteiger partial charge on any atom is -0.438 e. The van der Waals surface area contributed by atoms with Crippen LogP contribution in [0.5, 0.6) is 11.6 Å². The lowest BCUT2D eigenvalue weighted by Crippen LogP contribution is -2.27. The van der Waals surface area contributed by atoms with Gasteiger partial charge in [-0.05, 0) is 36.2 Å². The van der Waals surface area contributed by atoms with Gasteiger partial charge in [-0.1, -0.05) is 31.5 Å². The number of aromatic nitrogens is 1. The lowest BCUT2D eigenvalue weighted by Gasteiger charge is -2.11. The van der Waals surface area contributed by atoms with Gasteiger partial charge in [-0.3, -0.25) is 4.79 Å². The van der Waals surface area contributed by atoms with E-state index in [9.17, 15) is 4.79 Å². The van der Waals surface area contributed by atoms with Crippen LogP contribution in [0.15, 0.2) is 42.6 Å². The topological polar surface area (TPSA) is 51.2 Å². The Morgan fingerprint density at radius 2 is 2.14 bits per heavy atom. The van der Waals surface area contributed by atoms with Crippen molar-refractivity contribution in [3.63, 3.8) is 0 Å². The molecule has 1 amide bonds. The Bertz CT molecular complexity index is 629. The van der Waals surface area contributed by atoms with E-state index in [1.807, 2.05) is 13.8 Å². The quantitative estimate of drug-likeness (QED) is 0.911. The summed E-state index contributed by atoms with van der Waals surface area (Å²) < 4.78 is 5.66. The first-order chi connectivity index (χ1) is 10.1. The fraction of sp³-hybridized carbons (Fsp3) is 0.250. The summed E-state index contributed by atoms with van der Waals surface area (Å²) in [7, 11) is 0. The number of carbonyl (C=O) groups is 1. The number of pyridine rings is 1. The summed E-state index contributed by atoms with van der Waals surface area (Å²) in [6.45, 7) is 4.67. The zero-order valence-corrected chi connectivity index (χ0v) is 12.7. The molecule has 0 bridgehead atoms. The highest BCUT2D eigenvalue weighted by Gasteiger charge is 2.14. The van der Waals surface area contributed by atoms with E-state index in [0.29, 0.717) is 28.8 Å². The molecule has 2 rings (SSSR count). The summed E-state index contributed by atoms with van der Waals surface area (Å²) in [5, 5.41) is 3.42. The summed E-state index contributed by atoms with van der Waals surface area (Å²) in [6.07, 6.45) is 1.58. The average molecular weight is 305 g/mol. The van der Waals surface area contributed by atoms with Gasteiger partial charge in [-0.2, -0.15) is 0 Å². The van der Waals surface area contributed by atoms with Crippen LogP contribution in [0.1, 0.15) is 24.2 Å². The Kier molecular flexibility index (Phi) is 5.17. The van der Waals surface area contributed by atoms with Gasteiger partial charge in [0.05, 0.1) is 0 Å². The van der Waals surface area contributed by atoms with Crippen molar-refractivity contribution in [1.29, 1.82) is 0 Å². The number of ether oxygens (including phenoxy) is 1. The fourth-order valence-corrected chi connectivity index (χ4v) is 1.86.